The van der Waals surface area contributed by atoms with E-state index < -0.39 is 0 Å². The van der Waals surface area contributed by atoms with Gasteiger partial charge in [-0.1, -0.05) is 0 Å². The van der Waals surface area contributed by atoms with Crippen molar-refractivity contribution in [2.75, 3.05) is 19.8 Å². The van der Waals surface area contributed by atoms with Gasteiger partial charge in [0.2, 0.25) is 4.73 Å². The monoisotopic (exact) mass is 476 g/mol. The minimum atomic E-state index is -0.299. The predicted octanol–water partition coefficient (Wildman–Crippen LogP) is 1.01. The van der Waals surface area contributed by atoms with Gasteiger partial charge in [0.15, 0.2) is 11.6 Å². The highest BCUT2D eigenvalue weighted by Crippen LogP contribution is 2.22. The second kappa shape index (κ2) is 9.67. The molecule has 1 aliphatic rings. The van der Waals surface area contributed by atoms with Crippen LogP contribution in [0.5, 0.6) is 0 Å². The minimum Gasteiger partial charge on any atom is -0.381 e. The van der Waals surface area contributed by atoms with Crippen LogP contribution < -0.4 is 5.32 Å². The summed E-state index contributed by atoms with van der Waals surface area (Å²) in [5.74, 6) is 2.73. The highest BCUT2D eigenvalue weighted by atomic mass is 79.9. The first-order valence-electron chi connectivity index (χ1n) is 10.0. The van der Waals surface area contributed by atoms with Crippen molar-refractivity contribution in [1.82, 2.24) is 50.3 Å². The summed E-state index contributed by atoms with van der Waals surface area (Å²) in [6.45, 7) is 4.90. The first-order chi connectivity index (χ1) is 14.6. The smallest absolute Gasteiger partial charge is 0.217 e. The predicted molar refractivity (Wildman–Crippen MR) is 110 cm³/mol. The normalized spacial score (nSPS) is 16.1. The lowest BCUT2D eigenvalue weighted by Gasteiger charge is -2.23. The van der Waals surface area contributed by atoms with E-state index in [1.54, 1.807) is 10.9 Å². The van der Waals surface area contributed by atoms with Gasteiger partial charge in [-0.15, -0.1) is 10.2 Å². The fourth-order valence-electron chi connectivity index (χ4n) is 3.62. The standard InChI is InChI=1S/C18H25BrN10O/c1-12-20-7-3-14(22-12)4-8-21-15(16-23-18(19)25-28(16)2)17-24-26-27-29(17)11-13-5-9-30-10-6-13/h3,7,13,15,21H,4-6,8-11H2,1-2H3. The van der Waals surface area contributed by atoms with Crippen molar-refractivity contribution in [1.29, 1.82) is 0 Å². The van der Waals surface area contributed by atoms with E-state index in [1.165, 1.54) is 0 Å². The Kier molecular flexibility index (Phi) is 6.75. The summed E-state index contributed by atoms with van der Waals surface area (Å²) in [6, 6.07) is 1.63. The number of nitrogens with zero attached hydrogens (tertiary/aromatic N) is 9. The molecule has 0 spiro atoms. The van der Waals surface area contributed by atoms with E-state index in [4.69, 9.17) is 4.74 Å². The Balaban J connectivity index is 1.53. The van der Waals surface area contributed by atoms with Crippen LogP contribution in [0.3, 0.4) is 0 Å². The maximum Gasteiger partial charge on any atom is 0.217 e. The zero-order valence-electron chi connectivity index (χ0n) is 17.1. The molecule has 1 fully saturated rings. The van der Waals surface area contributed by atoms with Crippen molar-refractivity contribution in [3.63, 3.8) is 0 Å². The van der Waals surface area contributed by atoms with Gasteiger partial charge in [-0.2, -0.15) is 0 Å². The third kappa shape index (κ3) is 5.05. The van der Waals surface area contributed by atoms with Crippen molar-refractivity contribution in [3.8, 4) is 0 Å². The number of hydrogen-bond acceptors (Lipinski definition) is 9. The molecule has 1 saturated heterocycles. The van der Waals surface area contributed by atoms with Gasteiger partial charge in [-0.3, -0.25) is 4.68 Å². The number of tetrazole rings is 1. The van der Waals surface area contributed by atoms with Crippen molar-refractivity contribution in [2.24, 2.45) is 13.0 Å². The average molecular weight is 477 g/mol. The minimum absolute atomic E-state index is 0.299. The van der Waals surface area contributed by atoms with E-state index in [-0.39, 0.29) is 6.04 Å². The number of halogens is 1. The molecule has 4 rings (SSSR count). The highest BCUT2D eigenvalue weighted by Gasteiger charge is 2.27. The number of ether oxygens (including phenoxy) is 1. The summed E-state index contributed by atoms with van der Waals surface area (Å²) in [4.78, 5) is 13.2. The van der Waals surface area contributed by atoms with Gasteiger partial charge in [-0.25, -0.2) is 19.6 Å². The zero-order chi connectivity index (χ0) is 20.9. The van der Waals surface area contributed by atoms with E-state index >= 15 is 0 Å². The Morgan fingerprint density at radius 1 is 1.27 bits per heavy atom. The molecule has 1 atom stereocenters. The Labute approximate surface area is 182 Å². The second-order valence-electron chi connectivity index (χ2n) is 7.37. The number of aromatic nitrogens is 9. The fourth-order valence-corrected chi connectivity index (χ4v) is 4.04. The van der Waals surface area contributed by atoms with Crippen molar-refractivity contribution in [2.45, 2.75) is 38.8 Å². The highest BCUT2D eigenvalue weighted by molar-refractivity contribution is 9.10. The molecule has 160 valence electrons. The lowest BCUT2D eigenvalue weighted by atomic mass is 10.0. The van der Waals surface area contributed by atoms with Crippen molar-refractivity contribution >= 4 is 15.9 Å². The SMILES string of the molecule is Cc1nccc(CCNC(c2nc(Br)nn2C)c2nnnn2CC2CCOCC2)n1. The van der Waals surface area contributed by atoms with Gasteiger partial charge in [0, 0.05) is 51.7 Å². The van der Waals surface area contributed by atoms with Crippen LogP contribution in [0.4, 0.5) is 0 Å². The van der Waals surface area contributed by atoms with Gasteiger partial charge < -0.3 is 10.1 Å². The van der Waals surface area contributed by atoms with Crippen LogP contribution in [0, 0.1) is 12.8 Å². The van der Waals surface area contributed by atoms with Gasteiger partial charge in [-0.05, 0) is 58.1 Å². The first-order valence-corrected chi connectivity index (χ1v) is 10.8. The average Bonchev–Trinajstić information content (AvgIpc) is 3.32. The number of rotatable bonds is 8. The molecule has 1 unspecified atom stereocenters. The molecular formula is C18H25BrN10O. The largest absolute Gasteiger partial charge is 0.381 e. The Hall–Kier alpha value is -2.31. The summed E-state index contributed by atoms with van der Waals surface area (Å²) < 4.78 is 9.63. The molecule has 12 heteroatoms. The molecule has 30 heavy (non-hydrogen) atoms. The van der Waals surface area contributed by atoms with E-state index in [1.807, 2.05) is 24.7 Å². The van der Waals surface area contributed by atoms with Gasteiger partial charge >= 0.3 is 0 Å². The maximum atomic E-state index is 5.48. The van der Waals surface area contributed by atoms with Crippen LogP contribution in [-0.4, -0.2) is 64.7 Å². The maximum absolute atomic E-state index is 5.48. The molecule has 1 aliphatic heterocycles. The van der Waals surface area contributed by atoms with Gasteiger partial charge in [0.05, 0.1) is 0 Å². The summed E-state index contributed by atoms with van der Waals surface area (Å²) in [7, 11) is 1.86. The van der Waals surface area contributed by atoms with Crippen LogP contribution in [0.2, 0.25) is 0 Å². The Morgan fingerprint density at radius 2 is 2.10 bits per heavy atom. The quantitative estimate of drug-likeness (QED) is 0.507. The van der Waals surface area contributed by atoms with Crippen molar-refractivity contribution < 1.29 is 4.74 Å². The van der Waals surface area contributed by atoms with E-state index in [9.17, 15) is 0 Å². The summed E-state index contributed by atoms with van der Waals surface area (Å²) in [5, 5.41) is 20.4. The molecule has 0 aromatic carbocycles. The molecular weight excluding hydrogens is 452 g/mol. The number of hydrogen-bond donors (Lipinski definition) is 1. The van der Waals surface area contributed by atoms with Gasteiger partial charge in [0.25, 0.3) is 0 Å². The molecule has 3 aromatic heterocycles. The van der Waals surface area contributed by atoms with Crippen molar-refractivity contribution in [3.05, 3.63) is 40.2 Å². The molecule has 0 radical (unpaired) electrons. The Morgan fingerprint density at radius 3 is 2.83 bits per heavy atom. The molecule has 3 aromatic rings. The number of aryl methyl sites for hydroxylation is 2. The topological polar surface area (TPSA) is 121 Å². The van der Waals surface area contributed by atoms with Crippen LogP contribution >= 0.6 is 15.9 Å². The van der Waals surface area contributed by atoms with E-state index in [0.717, 1.165) is 62.2 Å². The molecule has 0 aliphatic carbocycles. The summed E-state index contributed by atoms with van der Waals surface area (Å²) in [5.41, 5.74) is 0.981. The fraction of sp³-hybridized carbons (Fsp3) is 0.611. The molecule has 0 bridgehead atoms. The van der Waals surface area contributed by atoms with Crippen LogP contribution in [0.1, 0.15) is 42.1 Å². The Bertz CT molecular complexity index is 968. The number of nitrogens with one attached hydrogen (secondary N) is 1. The van der Waals surface area contributed by atoms with Crippen LogP contribution in [-0.2, 0) is 24.8 Å². The first kappa shape index (κ1) is 20.9. The summed E-state index contributed by atoms with van der Waals surface area (Å²) in [6.07, 6.45) is 4.56. The molecule has 4 heterocycles. The molecule has 11 nitrogen and oxygen atoms in total. The zero-order valence-corrected chi connectivity index (χ0v) is 18.7. The second-order valence-corrected chi connectivity index (χ2v) is 8.08. The third-order valence-corrected chi connectivity index (χ3v) is 5.52. The molecule has 1 N–H and O–H groups in total. The molecule has 0 amide bonds. The van der Waals surface area contributed by atoms with Gasteiger partial charge in [0.1, 0.15) is 11.9 Å². The molecule has 0 saturated carbocycles. The lowest BCUT2D eigenvalue weighted by Crippen LogP contribution is -2.31. The van der Waals surface area contributed by atoms with E-state index in [2.05, 4.69) is 56.8 Å². The van der Waals surface area contributed by atoms with Crippen LogP contribution in [0.15, 0.2) is 17.0 Å². The summed E-state index contributed by atoms with van der Waals surface area (Å²) >= 11 is 3.37. The van der Waals surface area contributed by atoms with E-state index in [0.29, 0.717) is 17.2 Å². The van der Waals surface area contributed by atoms with Crippen LogP contribution in [0.25, 0.3) is 0 Å². The lowest BCUT2D eigenvalue weighted by molar-refractivity contribution is 0.0595. The third-order valence-electron chi connectivity index (χ3n) is 5.18.